The summed E-state index contributed by atoms with van der Waals surface area (Å²) in [7, 11) is 0. The summed E-state index contributed by atoms with van der Waals surface area (Å²) in [5.74, 6) is 0.116. The molecule has 0 heterocycles. The molecule has 0 aliphatic carbocycles. The van der Waals surface area contributed by atoms with Crippen LogP contribution in [-0.2, 0) is 6.42 Å². The van der Waals surface area contributed by atoms with Crippen LogP contribution in [0.25, 0.3) is 0 Å². The summed E-state index contributed by atoms with van der Waals surface area (Å²) >= 11 is 5.79. The third-order valence-electron chi connectivity index (χ3n) is 3.04. The molecule has 0 saturated carbocycles. The van der Waals surface area contributed by atoms with Gasteiger partial charge in [0.25, 0.3) is 0 Å². The Morgan fingerprint density at radius 1 is 1.10 bits per heavy atom. The predicted molar refractivity (Wildman–Crippen MR) is 81.6 cm³/mol. The van der Waals surface area contributed by atoms with Gasteiger partial charge in [-0.1, -0.05) is 29.8 Å². The smallest absolute Gasteiger partial charge is 0.163 e. The van der Waals surface area contributed by atoms with Crippen molar-refractivity contribution in [2.45, 2.75) is 12.8 Å². The molecule has 0 aliphatic heterocycles. The first-order chi connectivity index (χ1) is 9.56. The number of hydrogen-bond donors (Lipinski definition) is 2. The molecule has 0 radical (unpaired) electrons. The van der Waals surface area contributed by atoms with Gasteiger partial charge in [0.1, 0.15) is 5.84 Å². The zero-order valence-corrected chi connectivity index (χ0v) is 11.7. The summed E-state index contributed by atoms with van der Waals surface area (Å²) < 4.78 is 0. The molecule has 0 aliphatic rings. The van der Waals surface area contributed by atoms with Crippen LogP contribution in [0, 0.1) is 5.41 Å². The van der Waals surface area contributed by atoms with Gasteiger partial charge in [-0.3, -0.25) is 10.2 Å². The molecule has 0 spiro atoms. The molecule has 0 unspecified atom stereocenters. The number of carbonyl (C=O) groups is 1. The summed E-state index contributed by atoms with van der Waals surface area (Å²) in [4.78, 5) is 12.0. The number of Topliss-reactive ketones (excluding diaryl/α,β-unsaturated/α-hetero) is 1. The van der Waals surface area contributed by atoms with E-state index in [9.17, 15) is 4.79 Å². The fourth-order valence-corrected chi connectivity index (χ4v) is 2.06. The number of hydrogen-bond acceptors (Lipinski definition) is 2. The molecule has 0 saturated heterocycles. The maximum absolute atomic E-state index is 12.0. The highest BCUT2D eigenvalue weighted by molar-refractivity contribution is 6.30. The third kappa shape index (κ3) is 3.68. The number of nitrogens with two attached hydrogens (primary N) is 1. The SMILES string of the molecule is N=C(N)c1cccc(CCC(=O)c2ccc(Cl)cc2)c1. The molecule has 0 bridgehead atoms. The quantitative estimate of drug-likeness (QED) is 0.502. The lowest BCUT2D eigenvalue weighted by atomic mass is 10.0. The van der Waals surface area contributed by atoms with Gasteiger partial charge in [-0.15, -0.1) is 0 Å². The Bertz CT molecular complexity index is 635. The number of nitrogen functional groups attached to an aromatic ring is 1. The largest absolute Gasteiger partial charge is 0.384 e. The number of nitrogens with one attached hydrogen (secondary N) is 1. The van der Waals surface area contributed by atoms with Crippen molar-refractivity contribution in [3.05, 3.63) is 70.2 Å². The number of benzene rings is 2. The second kappa shape index (κ2) is 6.35. The minimum Gasteiger partial charge on any atom is -0.384 e. The molecule has 0 atom stereocenters. The van der Waals surface area contributed by atoms with E-state index >= 15 is 0 Å². The molecule has 102 valence electrons. The van der Waals surface area contributed by atoms with Crippen LogP contribution in [0.5, 0.6) is 0 Å². The fourth-order valence-electron chi connectivity index (χ4n) is 1.93. The van der Waals surface area contributed by atoms with Crippen molar-refractivity contribution in [3.63, 3.8) is 0 Å². The monoisotopic (exact) mass is 286 g/mol. The van der Waals surface area contributed by atoms with Gasteiger partial charge in [-0.25, -0.2) is 0 Å². The summed E-state index contributed by atoms with van der Waals surface area (Å²) in [5, 5.41) is 8.02. The molecule has 0 fully saturated rings. The van der Waals surface area contributed by atoms with Crippen LogP contribution in [0.3, 0.4) is 0 Å². The molecule has 4 heteroatoms. The molecule has 2 aromatic carbocycles. The Hall–Kier alpha value is -2.13. The highest BCUT2D eigenvalue weighted by Crippen LogP contribution is 2.13. The van der Waals surface area contributed by atoms with E-state index in [0.29, 0.717) is 29.0 Å². The zero-order chi connectivity index (χ0) is 14.5. The lowest BCUT2D eigenvalue weighted by Crippen LogP contribution is -2.11. The Balaban J connectivity index is 2.01. The van der Waals surface area contributed by atoms with E-state index in [0.717, 1.165) is 5.56 Å². The molecule has 0 aromatic heterocycles. The first-order valence-corrected chi connectivity index (χ1v) is 6.66. The van der Waals surface area contributed by atoms with Gasteiger partial charge in [0.05, 0.1) is 0 Å². The van der Waals surface area contributed by atoms with E-state index in [1.54, 1.807) is 30.3 Å². The van der Waals surface area contributed by atoms with Gasteiger partial charge in [0.15, 0.2) is 5.78 Å². The minimum absolute atomic E-state index is 0.0378. The number of halogens is 1. The van der Waals surface area contributed by atoms with Gasteiger partial charge in [-0.2, -0.15) is 0 Å². The van der Waals surface area contributed by atoms with Gasteiger partial charge in [0.2, 0.25) is 0 Å². The van der Waals surface area contributed by atoms with Gasteiger partial charge < -0.3 is 5.73 Å². The number of aryl methyl sites for hydroxylation is 1. The lowest BCUT2D eigenvalue weighted by molar-refractivity contribution is 0.0983. The topological polar surface area (TPSA) is 66.9 Å². The average Bonchev–Trinajstić information content (AvgIpc) is 2.46. The Labute approximate surface area is 122 Å². The average molecular weight is 287 g/mol. The normalized spacial score (nSPS) is 10.2. The lowest BCUT2D eigenvalue weighted by Gasteiger charge is -2.04. The molecule has 2 aromatic rings. The van der Waals surface area contributed by atoms with E-state index in [1.807, 2.05) is 18.2 Å². The van der Waals surface area contributed by atoms with Crippen LogP contribution >= 0.6 is 11.6 Å². The van der Waals surface area contributed by atoms with E-state index in [4.69, 9.17) is 22.7 Å². The number of amidine groups is 1. The predicted octanol–water partition coefficient (Wildman–Crippen LogP) is 3.44. The van der Waals surface area contributed by atoms with E-state index in [1.165, 1.54) is 0 Å². The van der Waals surface area contributed by atoms with E-state index in [-0.39, 0.29) is 11.6 Å². The van der Waals surface area contributed by atoms with Crippen molar-refractivity contribution in [1.82, 2.24) is 0 Å². The van der Waals surface area contributed by atoms with Crippen molar-refractivity contribution < 1.29 is 4.79 Å². The summed E-state index contributed by atoms with van der Waals surface area (Å²) in [5.41, 5.74) is 7.79. The molecule has 3 N–H and O–H groups in total. The van der Waals surface area contributed by atoms with E-state index < -0.39 is 0 Å². The highest BCUT2D eigenvalue weighted by Gasteiger charge is 2.06. The Kier molecular flexibility index (Phi) is 4.53. The van der Waals surface area contributed by atoms with Crippen molar-refractivity contribution >= 4 is 23.2 Å². The van der Waals surface area contributed by atoms with E-state index in [2.05, 4.69) is 0 Å². The molecular formula is C16H15ClN2O. The minimum atomic E-state index is 0.0378. The van der Waals surface area contributed by atoms with Gasteiger partial charge in [-0.05, 0) is 42.3 Å². The summed E-state index contributed by atoms with van der Waals surface area (Å²) in [6, 6.07) is 14.3. The van der Waals surface area contributed by atoms with Crippen LogP contribution in [-0.4, -0.2) is 11.6 Å². The summed E-state index contributed by atoms with van der Waals surface area (Å²) in [6.45, 7) is 0. The number of ketones is 1. The van der Waals surface area contributed by atoms with Crippen molar-refractivity contribution in [1.29, 1.82) is 5.41 Å². The van der Waals surface area contributed by atoms with Crippen molar-refractivity contribution in [2.75, 3.05) is 0 Å². The van der Waals surface area contributed by atoms with Gasteiger partial charge in [0, 0.05) is 22.6 Å². The first kappa shape index (κ1) is 14.3. The van der Waals surface area contributed by atoms with Crippen LogP contribution in [0.4, 0.5) is 0 Å². The van der Waals surface area contributed by atoms with Crippen LogP contribution in [0.15, 0.2) is 48.5 Å². The van der Waals surface area contributed by atoms with Crippen LogP contribution in [0.1, 0.15) is 27.9 Å². The third-order valence-corrected chi connectivity index (χ3v) is 3.30. The maximum Gasteiger partial charge on any atom is 0.163 e. The molecule has 2 rings (SSSR count). The molecular weight excluding hydrogens is 272 g/mol. The highest BCUT2D eigenvalue weighted by atomic mass is 35.5. The van der Waals surface area contributed by atoms with Crippen LogP contribution < -0.4 is 5.73 Å². The zero-order valence-electron chi connectivity index (χ0n) is 10.9. The second-order valence-corrected chi connectivity index (χ2v) is 4.98. The molecule has 20 heavy (non-hydrogen) atoms. The first-order valence-electron chi connectivity index (χ1n) is 6.28. The molecule has 0 amide bonds. The number of carbonyl (C=O) groups excluding carboxylic acids is 1. The molecule has 3 nitrogen and oxygen atoms in total. The van der Waals surface area contributed by atoms with Crippen molar-refractivity contribution in [3.8, 4) is 0 Å². The summed E-state index contributed by atoms with van der Waals surface area (Å²) in [6.07, 6.45) is 1.05. The Morgan fingerprint density at radius 2 is 1.80 bits per heavy atom. The maximum atomic E-state index is 12.0. The second-order valence-electron chi connectivity index (χ2n) is 4.54. The number of rotatable bonds is 5. The van der Waals surface area contributed by atoms with Crippen LogP contribution in [0.2, 0.25) is 5.02 Å². The standard InChI is InChI=1S/C16H15ClN2O/c17-14-7-5-12(6-8-14)15(20)9-4-11-2-1-3-13(10-11)16(18)19/h1-3,5-8,10H,4,9H2,(H3,18,19). The Morgan fingerprint density at radius 3 is 2.45 bits per heavy atom. The van der Waals surface area contributed by atoms with Gasteiger partial charge >= 0.3 is 0 Å². The fraction of sp³-hybridized carbons (Fsp3) is 0.125. The van der Waals surface area contributed by atoms with Crippen molar-refractivity contribution in [2.24, 2.45) is 5.73 Å².